The average molecular weight is 260 g/mol. The number of aryl methyl sites for hydroxylation is 1. The van der Waals surface area contributed by atoms with E-state index in [1.807, 2.05) is 31.3 Å². The van der Waals surface area contributed by atoms with Crippen molar-refractivity contribution in [3.8, 4) is 0 Å². The summed E-state index contributed by atoms with van der Waals surface area (Å²) in [4.78, 5) is 21.1. The van der Waals surface area contributed by atoms with Crippen molar-refractivity contribution in [2.45, 2.75) is 12.8 Å². The first-order valence-electron chi connectivity index (χ1n) is 6.53. The third-order valence-electron chi connectivity index (χ3n) is 3.10. The number of aromatic amines is 1. The van der Waals surface area contributed by atoms with Crippen molar-refractivity contribution in [3.05, 3.63) is 30.1 Å². The molecule has 5 heteroatoms. The second-order valence-corrected chi connectivity index (χ2v) is 4.65. The molecule has 0 aliphatic heterocycles. The van der Waals surface area contributed by atoms with E-state index in [1.165, 1.54) is 0 Å². The SMILES string of the molecule is CNCC(=O)N(C)CCCc1nc2ccccc2[nH]1. The van der Waals surface area contributed by atoms with Gasteiger partial charge in [0.05, 0.1) is 17.6 Å². The zero-order valence-electron chi connectivity index (χ0n) is 11.4. The van der Waals surface area contributed by atoms with E-state index in [9.17, 15) is 4.79 Å². The predicted octanol–water partition coefficient (Wildman–Crippen LogP) is 1.17. The normalized spacial score (nSPS) is 10.8. The van der Waals surface area contributed by atoms with Gasteiger partial charge in [0.25, 0.3) is 0 Å². The maximum absolute atomic E-state index is 11.6. The molecule has 0 unspecified atom stereocenters. The molecule has 0 bridgehead atoms. The lowest BCUT2D eigenvalue weighted by Crippen LogP contribution is -2.34. The molecule has 1 amide bonds. The summed E-state index contributed by atoms with van der Waals surface area (Å²) in [6.07, 6.45) is 1.76. The molecular formula is C14H20N4O. The van der Waals surface area contributed by atoms with Gasteiger partial charge in [0.15, 0.2) is 0 Å². The van der Waals surface area contributed by atoms with Crippen LogP contribution in [0.15, 0.2) is 24.3 Å². The van der Waals surface area contributed by atoms with Crippen molar-refractivity contribution < 1.29 is 4.79 Å². The lowest BCUT2D eigenvalue weighted by Gasteiger charge is -2.16. The van der Waals surface area contributed by atoms with Gasteiger partial charge >= 0.3 is 0 Å². The smallest absolute Gasteiger partial charge is 0.236 e. The Kier molecular flexibility index (Phi) is 4.52. The standard InChI is InChI=1S/C14H20N4O/c1-15-10-14(19)18(2)9-5-8-13-16-11-6-3-4-7-12(11)17-13/h3-4,6-7,15H,5,8-10H2,1-2H3,(H,16,17). The van der Waals surface area contributed by atoms with Crippen molar-refractivity contribution in [1.29, 1.82) is 0 Å². The molecule has 0 radical (unpaired) electrons. The van der Waals surface area contributed by atoms with E-state index in [1.54, 1.807) is 11.9 Å². The minimum atomic E-state index is 0.118. The molecule has 0 saturated carbocycles. The number of carbonyl (C=O) groups excluding carboxylic acids is 1. The minimum Gasteiger partial charge on any atom is -0.345 e. The van der Waals surface area contributed by atoms with Gasteiger partial charge in [-0.1, -0.05) is 12.1 Å². The number of hydrogen-bond acceptors (Lipinski definition) is 3. The molecule has 2 aromatic rings. The van der Waals surface area contributed by atoms with E-state index < -0.39 is 0 Å². The van der Waals surface area contributed by atoms with Gasteiger partial charge in [0.2, 0.25) is 5.91 Å². The van der Waals surface area contributed by atoms with Gasteiger partial charge in [-0.25, -0.2) is 4.98 Å². The number of fused-ring (bicyclic) bond motifs is 1. The molecule has 0 aliphatic rings. The van der Waals surface area contributed by atoms with Crippen LogP contribution < -0.4 is 5.32 Å². The number of imidazole rings is 1. The van der Waals surface area contributed by atoms with Crippen LogP contribution in [0.3, 0.4) is 0 Å². The summed E-state index contributed by atoms with van der Waals surface area (Å²) in [5.41, 5.74) is 2.06. The molecule has 0 saturated heterocycles. The molecule has 1 aromatic heterocycles. The summed E-state index contributed by atoms with van der Waals surface area (Å²) >= 11 is 0. The van der Waals surface area contributed by atoms with Gasteiger partial charge in [0, 0.05) is 20.0 Å². The molecule has 2 rings (SSSR count). The number of para-hydroxylation sites is 2. The van der Waals surface area contributed by atoms with Gasteiger partial charge in [0.1, 0.15) is 5.82 Å². The van der Waals surface area contributed by atoms with Crippen molar-refractivity contribution in [1.82, 2.24) is 20.2 Å². The Hall–Kier alpha value is -1.88. The molecule has 0 atom stereocenters. The molecule has 0 fully saturated rings. The first-order valence-corrected chi connectivity index (χ1v) is 6.53. The van der Waals surface area contributed by atoms with E-state index in [2.05, 4.69) is 15.3 Å². The number of H-pyrrole nitrogens is 1. The molecule has 1 aromatic carbocycles. The van der Waals surface area contributed by atoms with Crippen molar-refractivity contribution in [3.63, 3.8) is 0 Å². The summed E-state index contributed by atoms with van der Waals surface area (Å²) in [5, 5.41) is 2.86. The number of hydrogen-bond donors (Lipinski definition) is 2. The fourth-order valence-corrected chi connectivity index (χ4v) is 2.02. The molecule has 0 aliphatic carbocycles. The van der Waals surface area contributed by atoms with Crippen molar-refractivity contribution in [2.24, 2.45) is 0 Å². The highest BCUT2D eigenvalue weighted by Gasteiger charge is 2.07. The van der Waals surface area contributed by atoms with Crippen LogP contribution >= 0.6 is 0 Å². The van der Waals surface area contributed by atoms with Gasteiger partial charge < -0.3 is 15.2 Å². The maximum Gasteiger partial charge on any atom is 0.236 e. The molecule has 5 nitrogen and oxygen atoms in total. The van der Waals surface area contributed by atoms with Gasteiger partial charge in [-0.15, -0.1) is 0 Å². The summed E-state index contributed by atoms with van der Waals surface area (Å²) in [6, 6.07) is 8.00. The fraction of sp³-hybridized carbons (Fsp3) is 0.429. The van der Waals surface area contributed by atoms with E-state index in [4.69, 9.17) is 0 Å². The van der Waals surface area contributed by atoms with Crippen LogP contribution in [0.1, 0.15) is 12.2 Å². The fourth-order valence-electron chi connectivity index (χ4n) is 2.02. The lowest BCUT2D eigenvalue weighted by atomic mass is 10.3. The number of benzene rings is 1. The highest BCUT2D eigenvalue weighted by atomic mass is 16.2. The van der Waals surface area contributed by atoms with E-state index in [0.717, 1.165) is 36.2 Å². The number of nitrogens with zero attached hydrogens (tertiary/aromatic N) is 2. The Morgan fingerprint density at radius 2 is 2.21 bits per heavy atom. The Balaban J connectivity index is 1.84. The van der Waals surface area contributed by atoms with E-state index >= 15 is 0 Å². The first kappa shape index (κ1) is 13.5. The van der Waals surface area contributed by atoms with Gasteiger partial charge in [-0.05, 0) is 25.6 Å². The van der Waals surface area contributed by atoms with Crippen LogP contribution in [0, 0.1) is 0 Å². The Morgan fingerprint density at radius 3 is 2.95 bits per heavy atom. The molecular weight excluding hydrogens is 240 g/mol. The highest BCUT2D eigenvalue weighted by Crippen LogP contribution is 2.11. The third kappa shape index (κ3) is 3.54. The highest BCUT2D eigenvalue weighted by molar-refractivity contribution is 5.77. The molecule has 0 spiro atoms. The van der Waals surface area contributed by atoms with Crippen LogP contribution in [-0.2, 0) is 11.2 Å². The van der Waals surface area contributed by atoms with Crippen molar-refractivity contribution in [2.75, 3.05) is 27.2 Å². The maximum atomic E-state index is 11.6. The van der Waals surface area contributed by atoms with Crippen LogP contribution in [-0.4, -0.2) is 48.0 Å². The van der Waals surface area contributed by atoms with E-state index in [-0.39, 0.29) is 5.91 Å². The number of aromatic nitrogens is 2. The number of amides is 1. The first-order chi connectivity index (χ1) is 9.20. The second-order valence-electron chi connectivity index (χ2n) is 4.65. The van der Waals surface area contributed by atoms with Crippen LogP contribution in [0.5, 0.6) is 0 Å². The summed E-state index contributed by atoms with van der Waals surface area (Å²) in [5.74, 6) is 1.10. The number of carbonyl (C=O) groups is 1. The summed E-state index contributed by atoms with van der Waals surface area (Å²) in [6.45, 7) is 1.14. The van der Waals surface area contributed by atoms with Crippen LogP contribution in [0.2, 0.25) is 0 Å². The molecule has 2 N–H and O–H groups in total. The third-order valence-corrected chi connectivity index (χ3v) is 3.10. The molecule has 1 heterocycles. The Morgan fingerprint density at radius 1 is 1.42 bits per heavy atom. The molecule has 19 heavy (non-hydrogen) atoms. The second kappa shape index (κ2) is 6.33. The van der Waals surface area contributed by atoms with Gasteiger partial charge in [-0.3, -0.25) is 4.79 Å². The number of likely N-dealkylation sites (N-methyl/N-ethyl adjacent to an activating group) is 2. The quantitative estimate of drug-likeness (QED) is 0.819. The van der Waals surface area contributed by atoms with Crippen LogP contribution in [0.4, 0.5) is 0 Å². The number of nitrogens with one attached hydrogen (secondary N) is 2. The summed E-state index contributed by atoms with van der Waals surface area (Å²) < 4.78 is 0. The van der Waals surface area contributed by atoms with Gasteiger partial charge in [-0.2, -0.15) is 0 Å². The van der Waals surface area contributed by atoms with Crippen LogP contribution in [0.25, 0.3) is 11.0 Å². The van der Waals surface area contributed by atoms with E-state index in [0.29, 0.717) is 6.54 Å². The average Bonchev–Trinajstić information content (AvgIpc) is 2.81. The summed E-state index contributed by atoms with van der Waals surface area (Å²) in [7, 11) is 3.61. The topological polar surface area (TPSA) is 61.0 Å². The molecule has 102 valence electrons. The monoisotopic (exact) mass is 260 g/mol. The lowest BCUT2D eigenvalue weighted by molar-refractivity contribution is -0.128. The van der Waals surface area contributed by atoms with Crippen molar-refractivity contribution >= 4 is 16.9 Å². The Labute approximate surface area is 113 Å². The minimum absolute atomic E-state index is 0.118. The Bertz CT molecular complexity index is 516. The zero-order valence-corrected chi connectivity index (χ0v) is 11.4. The predicted molar refractivity (Wildman–Crippen MR) is 76.0 cm³/mol. The zero-order chi connectivity index (χ0) is 13.7. The number of rotatable bonds is 6. The largest absolute Gasteiger partial charge is 0.345 e.